The van der Waals surface area contributed by atoms with Gasteiger partial charge in [0.05, 0.1) is 6.61 Å². The van der Waals surface area contributed by atoms with Crippen LogP contribution in [0.3, 0.4) is 0 Å². The van der Waals surface area contributed by atoms with Gasteiger partial charge >= 0.3 is 0 Å². The fourth-order valence-corrected chi connectivity index (χ4v) is 3.01. The number of fused-ring (bicyclic) bond motifs is 1. The average molecular weight is 357 g/mol. The molecule has 0 saturated heterocycles. The Morgan fingerprint density at radius 3 is 2.62 bits per heavy atom. The van der Waals surface area contributed by atoms with Crippen LogP contribution in [0.5, 0.6) is 5.75 Å². The van der Waals surface area contributed by atoms with E-state index in [1.165, 1.54) is 28.8 Å². The van der Waals surface area contributed by atoms with E-state index in [1.807, 2.05) is 0 Å². The van der Waals surface area contributed by atoms with Gasteiger partial charge in [0, 0.05) is 31.3 Å². The lowest BCUT2D eigenvalue weighted by atomic mass is 10.1. The zero-order valence-electron chi connectivity index (χ0n) is 15.4. The van der Waals surface area contributed by atoms with Gasteiger partial charge in [-0.1, -0.05) is 23.8 Å². The van der Waals surface area contributed by atoms with Crippen LogP contribution in [0.4, 0.5) is 4.39 Å². The predicted molar refractivity (Wildman–Crippen MR) is 99.6 cm³/mol. The van der Waals surface area contributed by atoms with Crippen LogP contribution in [-0.4, -0.2) is 19.8 Å². The molecule has 0 aliphatic carbocycles. The summed E-state index contributed by atoms with van der Waals surface area (Å²) in [6, 6.07) is 9.30. The second kappa shape index (κ2) is 8.19. The van der Waals surface area contributed by atoms with E-state index >= 15 is 0 Å². The molecule has 0 amide bonds. The van der Waals surface area contributed by atoms with Gasteiger partial charge in [-0.25, -0.2) is 4.39 Å². The summed E-state index contributed by atoms with van der Waals surface area (Å²) >= 11 is 0. The standard InChI is InChI=1S/C20H24FN3O2/c1-13-4-5-15(14(2)6-13)9-23-20(22-3)24-10-16-7-18(21)8-17-11-25-12-26-19(16)17/h4-8H,9-12H2,1-3H3,(H2,22,23,24). The quantitative estimate of drug-likeness (QED) is 0.652. The fraction of sp³-hybridized carbons (Fsp3) is 0.350. The van der Waals surface area contributed by atoms with Crippen molar-refractivity contribution in [1.82, 2.24) is 10.6 Å². The Morgan fingerprint density at radius 2 is 1.88 bits per heavy atom. The Morgan fingerprint density at radius 1 is 1.12 bits per heavy atom. The number of benzene rings is 2. The van der Waals surface area contributed by atoms with E-state index in [2.05, 4.69) is 47.7 Å². The van der Waals surface area contributed by atoms with Crippen LogP contribution in [0, 0.1) is 19.7 Å². The number of hydrogen-bond acceptors (Lipinski definition) is 3. The number of hydrogen-bond donors (Lipinski definition) is 2. The van der Waals surface area contributed by atoms with Crippen molar-refractivity contribution >= 4 is 5.96 Å². The van der Waals surface area contributed by atoms with Crippen LogP contribution < -0.4 is 15.4 Å². The van der Waals surface area contributed by atoms with E-state index in [1.54, 1.807) is 7.05 Å². The predicted octanol–water partition coefficient (Wildman–Crippen LogP) is 3.17. The Hall–Kier alpha value is -2.60. The van der Waals surface area contributed by atoms with Gasteiger partial charge in [0.1, 0.15) is 11.6 Å². The molecule has 1 aliphatic heterocycles. The number of rotatable bonds is 4. The summed E-state index contributed by atoms with van der Waals surface area (Å²) in [7, 11) is 1.71. The molecule has 26 heavy (non-hydrogen) atoms. The smallest absolute Gasteiger partial charge is 0.191 e. The largest absolute Gasteiger partial charge is 0.467 e. The van der Waals surface area contributed by atoms with Crippen molar-refractivity contribution in [1.29, 1.82) is 0 Å². The molecule has 0 aromatic heterocycles. The van der Waals surface area contributed by atoms with E-state index in [0.717, 1.165) is 11.1 Å². The molecule has 2 N–H and O–H groups in total. The van der Waals surface area contributed by atoms with Crippen LogP contribution >= 0.6 is 0 Å². The third-order valence-electron chi connectivity index (χ3n) is 4.37. The molecule has 0 atom stereocenters. The summed E-state index contributed by atoms with van der Waals surface area (Å²) in [5.41, 5.74) is 5.17. The first-order valence-corrected chi connectivity index (χ1v) is 8.59. The topological polar surface area (TPSA) is 54.9 Å². The second-order valence-electron chi connectivity index (χ2n) is 6.37. The molecular formula is C20H24FN3O2. The number of aryl methyl sites for hydroxylation is 2. The van der Waals surface area contributed by atoms with Gasteiger partial charge in [0.2, 0.25) is 0 Å². The average Bonchev–Trinajstić information content (AvgIpc) is 2.63. The number of nitrogens with one attached hydrogen (secondary N) is 2. The molecule has 0 unspecified atom stereocenters. The SMILES string of the molecule is CN=C(NCc1ccc(C)cc1C)NCc1cc(F)cc2c1OCOC2. The molecular weight excluding hydrogens is 333 g/mol. The van der Waals surface area contributed by atoms with Crippen molar-refractivity contribution in [2.45, 2.75) is 33.5 Å². The van der Waals surface area contributed by atoms with E-state index in [9.17, 15) is 4.39 Å². The number of halogens is 1. The zero-order valence-corrected chi connectivity index (χ0v) is 15.4. The molecule has 0 radical (unpaired) electrons. The minimum Gasteiger partial charge on any atom is -0.467 e. The van der Waals surface area contributed by atoms with Crippen LogP contribution in [-0.2, 0) is 24.4 Å². The normalized spacial score (nSPS) is 13.8. The highest BCUT2D eigenvalue weighted by Crippen LogP contribution is 2.29. The van der Waals surface area contributed by atoms with Crippen molar-refractivity contribution < 1.29 is 13.9 Å². The molecule has 2 aromatic carbocycles. The van der Waals surface area contributed by atoms with Crippen LogP contribution in [0.2, 0.25) is 0 Å². The Kier molecular flexibility index (Phi) is 5.73. The number of aliphatic imine (C=N–C) groups is 1. The number of nitrogens with zero attached hydrogens (tertiary/aromatic N) is 1. The third kappa shape index (κ3) is 4.32. The highest BCUT2D eigenvalue weighted by molar-refractivity contribution is 5.79. The Bertz CT molecular complexity index is 821. The molecule has 5 nitrogen and oxygen atoms in total. The second-order valence-corrected chi connectivity index (χ2v) is 6.37. The molecule has 0 bridgehead atoms. The summed E-state index contributed by atoms with van der Waals surface area (Å²) in [5.74, 6) is 1.04. The van der Waals surface area contributed by atoms with E-state index in [0.29, 0.717) is 31.4 Å². The molecule has 1 heterocycles. The molecule has 3 rings (SSSR count). The maximum atomic E-state index is 13.8. The molecule has 138 valence electrons. The van der Waals surface area contributed by atoms with Gasteiger partial charge in [0.15, 0.2) is 12.8 Å². The van der Waals surface area contributed by atoms with Crippen molar-refractivity contribution in [2.75, 3.05) is 13.8 Å². The molecule has 2 aromatic rings. The lowest BCUT2D eigenvalue weighted by molar-refractivity contribution is -0.0172. The fourth-order valence-electron chi connectivity index (χ4n) is 3.01. The first-order valence-electron chi connectivity index (χ1n) is 8.59. The van der Waals surface area contributed by atoms with Crippen molar-refractivity contribution in [2.24, 2.45) is 4.99 Å². The van der Waals surface area contributed by atoms with Gasteiger partial charge in [0.25, 0.3) is 0 Å². The van der Waals surface area contributed by atoms with Crippen molar-refractivity contribution in [3.05, 3.63) is 64.0 Å². The number of guanidine groups is 1. The first kappa shape index (κ1) is 18.2. The monoisotopic (exact) mass is 357 g/mol. The van der Waals surface area contributed by atoms with Crippen molar-refractivity contribution in [3.63, 3.8) is 0 Å². The Balaban J connectivity index is 1.64. The van der Waals surface area contributed by atoms with Crippen molar-refractivity contribution in [3.8, 4) is 5.75 Å². The minimum absolute atomic E-state index is 0.186. The molecule has 1 aliphatic rings. The molecule has 0 spiro atoms. The summed E-state index contributed by atoms with van der Waals surface area (Å²) < 4.78 is 24.6. The van der Waals surface area contributed by atoms with Gasteiger partial charge in [-0.05, 0) is 37.1 Å². The van der Waals surface area contributed by atoms with Gasteiger partial charge < -0.3 is 20.1 Å². The van der Waals surface area contributed by atoms with Gasteiger partial charge in [-0.3, -0.25) is 4.99 Å². The van der Waals surface area contributed by atoms with Crippen LogP contribution in [0.25, 0.3) is 0 Å². The lowest BCUT2D eigenvalue weighted by Crippen LogP contribution is -2.36. The summed E-state index contributed by atoms with van der Waals surface area (Å²) in [5, 5.41) is 6.51. The molecule has 6 heteroatoms. The number of ether oxygens (including phenoxy) is 2. The first-order chi connectivity index (χ1) is 12.6. The molecule has 0 fully saturated rings. The van der Waals surface area contributed by atoms with Crippen LogP contribution in [0.15, 0.2) is 35.3 Å². The van der Waals surface area contributed by atoms with Crippen LogP contribution in [0.1, 0.15) is 27.8 Å². The zero-order chi connectivity index (χ0) is 18.5. The summed E-state index contributed by atoms with van der Waals surface area (Å²) in [6.07, 6.45) is 0. The Labute approximate surface area is 153 Å². The summed E-state index contributed by atoms with van der Waals surface area (Å²) in [4.78, 5) is 4.24. The van der Waals surface area contributed by atoms with E-state index in [-0.39, 0.29) is 12.6 Å². The van der Waals surface area contributed by atoms with Gasteiger partial charge in [-0.2, -0.15) is 0 Å². The third-order valence-corrected chi connectivity index (χ3v) is 4.37. The molecule has 0 saturated carbocycles. The van der Waals surface area contributed by atoms with Gasteiger partial charge in [-0.15, -0.1) is 0 Å². The van der Waals surface area contributed by atoms with E-state index in [4.69, 9.17) is 9.47 Å². The summed E-state index contributed by atoms with van der Waals surface area (Å²) in [6.45, 7) is 5.80. The lowest BCUT2D eigenvalue weighted by Gasteiger charge is -2.21. The highest BCUT2D eigenvalue weighted by atomic mass is 19.1. The highest BCUT2D eigenvalue weighted by Gasteiger charge is 2.17. The van der Waals surface area contributed by atoms with E-state index < -0.39 is 0 Å². The maximum absolute atomic E-state index is 13.8. The maximum Gasteiger partial charge on any atom is 0.191 e. The minimum atomic E-state index is -0.298.